The number of pyridine rings is 1. The number of hydrogen-bond donors (Lipinski definition) is 3. The number of carbonyl (C=O) groups is 1. The lowest BCUT2D eigenvalue weighted by Gasteiger charge is -2.14. The second kappa shape index (κ2) is 7.43. The highest BCUT2D eigenvalue weighted by Gasteiger charge is 2.27. The largest absolute Gasteiger partial charge is 0.356 e. The van der Waals surface area contributed by atoms with Crippen LogP contribution in [0.5, 0.6) is 0 Å². The molecule has 5 rings (SSSR count). The third-order valence-electron chi connectivity index (χ3n) is 5.14. The summed E-state index contributed by atoms with van der Waals surface area (Å²) in [7, 11) is 1.75. The van der Waals surface area contributed by atoms with Crippen LogP contribution in [-0.2, 0) is 13.5 Å². The zero-order valence-corrected chi connectivity index (χ0v) is 16.4. The number of Topliss-reactive ketones (excluding diaryl/α,β-unsaturated/α-hetero) is 1. The Morgan fingerprint density at radius 3 is 2.77 bits per heavy atom. The second-order valence-electron chi connectivity index (χ2n) is 7.18. The molecule has 0 atom stereocenters. The van der Waals surface area contributed by atoms with E-state index in [0.29, 0.717) is 18.2 Å². The minimum absolute atomic E-state index is 0.162. The fourth-order valence-corrected chi connectivity index (χ4v) is 3.71. The van der Waals surface area contributed by atoms with Crippen molar-refractivity contribution in [3.8, 4) is 11.3 Å². The predicted octanol–water partition coefficient (Wildman–Crippen LogP) is 3.61. The molecule has 1 aliphatic carbocycles. The molecule has 4 aromatic rings. The molecular formula is C21H20N8O. The van der Waals surface area contributed by atoms with Crippen molar-refractivity contribution in [3.63, 3.8) is 0 Å². The number of nitrogens with one attached hydrogen (secondary N) is 3. The maximum absolute atomic E-state index is 12.7. The minimum Gasteiger partial charge on any atom is -0.356 e. The monoisotopic (exact) mass is 400 g/mol. The highest BCUT2D eigenvalue weighted by molar-refractivity contribution is 6.07. The number of aromatic nitrogens is 6. The van der Waals surface area contributed by atoms with Crippen molar-refractivity contribution in [3.05, 3.63) is 59.9 Å². The smallest absolute Gasteiger partial charge is 0.248 e. The fraction of sp³-hybridized carbons (Fsp3) is 0.190. The number of aromatic amines is 1. The van der Waals surface area contributed by atoms with Gasteiger partial charge in [0, 0.05) is 36.6 Å². The first-order chi connectivity index (χ1) is 14.7. The molecule has 0 bridgehead atoms. The van der Waals surface area contributed by atoms with Crippen molar-refractivity contribution in [1.82, 2.24) is 30.2 Å². The molecular weight excluding hydrogens is 380 g/mol. The number of hydrogen-bond acceptors (Lipinski definition) is 7. The van der Waals surface area contributed by atoms with Crippen LogP contribution in [0, 0.1) is 0 Å². The van der Waals surface area contributed by atoms with Crippen LogP contribution in [0.15, 0.2) is 48.7 Å². The van der Waals surface area contributed by atoms with E-state index >= 15 is 0 Å². The van der Waals surface area contributed by atoms with Crippen LogP contribution >= 0.6 is 0 Å². The quantitative estimate of drug-likeness (QED) is 0.469. The number of rotatable bonds is 5. The molecule has 3 N–H and O–H groups in total. The van der Waals surface area contributed by atoms with Gasteiger partial charge in [-0.2, -0.15) is 0 Å². The number of tetrazole rings is 1. The van der Waals surface area contributed by atoms with E-state index in [2.05, 4.69) is 36.1 Å². The number of benzene rings is 1. The maximum Gasteiger partial charge on any atom is 0.248 e. The number of nitrogens with zero attached hydrogens (tertiary/aromatic N) is 5. The van der Waals surface area contributed by atoms with E-state index in [4.69, 9.17) is 0 Å². The second-order valence-corrected chi connectivity index (χ2v) is 7.18. The number of para-hydroxylation sites is 1. The van der Waals surface area contributed by atoms with Gasteiger partial charge >= 0.3 is 0 Å². The van der Waals surface area contributed by atoms with Gasteiger partial charge in [-0.3, -0.25) is 4.79 Å². The summed E-state index contributed by atoms with van der Waals surface area (Å²) in [5.41, 5.74) is 5.23. The Kier molecular flexibility index (Phi) is 4.47. The Morgan fingerprint density at radius 2 is 1.97 bits per heavy atom. The van der Waals surface area contributed by atoms with Crippen LogP contribution in [0.1, 0.15) is 28.9 Å². The number of anilines is 4. The summed E-state index contributed by atoms with van der Waals surface area (Å²) in [6, 6.07) is 13.7. The van der Waals surface area contributed by atoms with Crippen molar-refractivity contribution >= 4 is 28.9 Å². The first-order valence-electron chi connectivity index (χ1n) is 9.75. The molecule has 0 saturated heterocycles. The van der Waals surface area contributed by atoms with E-state index in [9.17, 15) is 4.79 Å². The molecule has 30 heavy (non-hydrogen) atoms. The van der Waals surface area contributed by atoms with Crippen LogP contribution in [0.3, 0.4) is 0 Å². The molecule has 0 amide bonds. The zero-order chi connectivity index (χ0) is 20.5. The topological polar surface area (TPSA) is 113 Å². The first kappa shape index (κ1) is 18.0. The zero-order valence-electron chi connectivity index (χ0n) is 16.4. The van der Waals surface area contributed by atoms with E-state index in [1.165, 1.54) is 4.68 Å². The molecule has 0 unspecified atom stereocenters. The van der Waals surface area contributed by atoms with Gasteiger partial charge in [-0.05, 0) is 47.5 Å². The van der Waals surface area contributed by atoms with Crippen LogP contribution < -0.4 is 10.6 Å². The normalized spacial score (nSPS) is 13.2. The standard InChI is InChI=1S/C21H20N8O/c1-29-21(26-27-28-29)25-17-12-13(10-11-22-17)19-20(23-14-6-3-2-4-7-14)18-15(24-19)8-5-9-16(18)30/h2-4,6-7,10-12,23-24H,5,8-9H2,1H3,(H,22,25,26,28). The molecule has 3 aromatic heterocycles. The number of carbonyl (C=O) groups excluding carboxylic acids is 1. The van der Waals surface area contributed by atoms with Crippen molar-refractivity contribution in [2.75, 3.05) is 10.6 Å². The Balaban J connectivity index is 1.58. The van der Waals surface area contributed by atoms with Gasteiger partial charge < -0.3 is 15.6 Å². The Hall–Kier alpha value is -4.01. The number of fused-ring (bicyclic) bond motifs is 1. The molecule has 1 aromatic carbocycles. The van der Waals surface area contributed by atoms with Gasteiger partial charge in [-0.15, -0.1) is 0 Å². The van der Waals surface area contributed by atoms with Crippen LogP contribution in [0.4, 0.5) is 23.1 Å². The van der Waals surface area contributed by atoms with Gasteiger partial charge in [0.2, 0.25) is 5.95 Å². The number of H-pyrrole nitrogens is 1. The van der Waals surface area contributed by atoms with Crippen molar-refractivity contribution in [2.24, 2.45) is 7.05 Å². The summed E-state index contributed by atoms with van der Waals surface area (Å²) in [4.78, 5) is 20.6. The molecule has 9 heteroatoms. The van der Waals surface area contributed by atoms with Gasteiger partial charge in [0.25, 0.3) is 0 Å². The van der Waals surface area contributed by atoms with E-state index < -0.39 is 0 Å². The van der Waals surface area contributed by atoms with Crippen LogP contribution in [0.25, 0.3) is 11.3 Å². The molecule has 0 spiro atoms. The van der Waals surface area contributed by atoms with Crippen LogP contribution in [-0.4, -0.2) is 36.0 Å². The molecule has 3 heterocycles. The molecule has 0 fully saturated rings. The molecule has 0 aliphatic heterocycles. The molecule has 9 nitrogen and oxygen atoms in total. The molecule has 150 valence electrons. The summed E-state index contributed by atoms with van der Waals surface area (Å²) >= 11 is 0. The lowest BCUT2D eigenvalue weighted by molar-refractivity contribution is 0.0973. The van der Waals surface area contributed by atoms with Gasteiger partial charge in [0.15, 0.2) is 5.78 Å². The van der Waals surface area contributed by atoms with E-state index in [0.717, 1.165) is 46.7 Å². The highest BCUT2D eigenvalue weighted by atomic mass is 16.1. The Bertz CT molecular complexity index is 1210. The predicted molar refractivity (Wildman–Crippen MR) is 113 cm³/mol. The minimum atomic E-state index is 0.162. The Morgan fingerprint density at radius 1 is 1.10 bits per heavy atom. The summed E-state index contributed by atoms with van der Waals surface area (Å²) in [6.07, 6.45) is 4.00. The fourth-order valence-electron chi connectivity index (χ4n) is 3.71. The lowest BCUT2D eigenvalue weighted by atomic mass is 9.95. The highest BCUT2D eigenvalue weighted by Crippen LogP contribution is 2.39. The maximum atomic E-state index is 12.7. The summed E-state index contributed by atoms with van der Waals surface area (Å²) in [5, 5.41) is 18.0. The van der Waals surface area contributed by atoms with E-state index in [1.807, 2.05) is 42.5 Å². The van der Waals surface area contributed by atoms with Gasteiger partial charge in [0.1, 0.15) is 5.82 Å². The number of ketones is 1. The van der Waals surface area contributed by atoms with Crippen LogP contribution in [0.2, 0.25) is 0 Å². The molecule has 1 aliphatic rings. The molecule has 0 saturated carbocycles. The summed E-state index contributed by atoms with van der Waals surface area (Å²) in [6.45, 7) is 0. The Labute approximate surface area is 172 Å². The third kappa shape index (κ3) is 3.30. The lowest BCUT2D eigenvalue weighted by Crippen LogP contribution is -2.10. The number of aryl methyl sites for hydroxylation is 2. The van der Waals surface area contributed by atoms with E-state index in [1.54, 1.807) is 13.2 Å². The van der Waals surface area contributed by atoms with Gasteiger partial charge in [-0.25, -0.2) is 9.67 Å². The van der Waals surface area contributed by atoms with Crippen molar-refractivity contribution < 1.29 is 4.79 Å². The van der Waals surface area contributed by atoms with Crippen molar-refractivity contribution in [1.29, 1.82) is 0 Å². The summed E-state index contributed by atoms with van der Waals surface area (Å²) in [5.74, 6) is 1.26. The van der Waals surface area contributed by atoms with Crippen molar-refractivity contribution in [2.45, 2.75) is 19.3 Å². The summed E-state index contributed by atoms with van der Waals surface area (Å²) < 4.78 is 1.53. The average Bonchev–Trinajstić information content (AvgIpc) is 3.33. The average molecular weight is 400 g/mol. The van der Waals surface area contributed by atoms with E-state index in [-0.39, 0.29) is 5.78 Å². The SMILES string of the molecule is Cn1nnnc1Nc1cc(-c2[nH]c3c(c2Nc2ccccc2)C(=O)CCC3)ccn1. The van der Waals surface area contributed by atoms with Gasteiger partial charge in [0.05, 0.1) is 16.9 Å². The third-order valence-corrected chi connectivity index (χ3v) is 5.14. The first-order valence-corrected chi connectivity index (χ1v) is 9.75. The molecule has 0 radical (unpaired) electrons. The van der Waals surface area contributed by atoms with Gasteiger partial charge in [-0.1, -0.05) is 23.3 Å².